The van der Waals surface area contributed by atoms with Crippen molar-refractivity contribution in [2.45, 2.75) is 18.4 Å². The summed E-state index contributed by atoms with van der Waals surface area (Å²) in [4.78, 5) is 55.5. The van der Waals surface area contributed by atoms with Gasteiger partial charge < -0.3 is 18.9 Å². The number of carbonyl (C=O) groups excluding carboxylic acids is 1. The first-order valence-corrected chi connectivity index (χ1v) is 9.71. The Kier molecular flexibility index (Phi) is 4.77. The van der Waals surface area contributed by atoms with Gasteiger partial charge >= 0.3 is 5.69 Å². The zero-order chi connectivity index (χ0) is 20.9. The molecule has 2 bridgehead atoms. The third-order valence-corrected chi connectivity index (χ3v) is 5.98. The number of likely N-dealkylation sites (tertiary alicyclic amines) is 1. The van der Waals surface area contributed by atoms with Crippen LogP contribution < -0.4 is 16.8 Å². The van der Waals surface area contributed by atoms with Gasteiger partial charge in [0.1, 0.15) is 5.56 Å². The summed E-state index contributed by atoms with van der Waals surface area (Å²) in [6.07, 6.45) is 2.19. The first kappa shape index (κ1) is 19.4. The maximum Gasteiger partial charge on any atom is 0.328 e. The van der Waals surface area contributed by atoms with Gasteiger partial charge in [0, 0.05) is 50.6 Å². The highest BCUT2D eigenvalue weighted by atomic mass is 16.2. The SMILES string of the molecule is CN(C)C[C@H]1[C@H]2C[C@H](CN(C(=O)c3cn(C)c(=O)[nH]c3=O)C2)c2cccc(=O)n21. The number of likely N-dealkylation sites (N-methyl/N-ethyl adjacent to an activating group) is 1. The van der Waals surface area contributed by atoms with Gasteiger partial charge in [-0.3, -0.25) is 19.4 Å². The van der Waals surface area contributed by atoms with Gasteiger partial charge in [-0.05, 0) is 32.5 Å². The molecule has 1 amide bonds. The molecule has 154 valence electrons. The summed E-state index contributed by atoms with van der Waals surface area (Å²) >= 11 is 0. The Morgan fingerprint density at radius 2 is 1.97 bits per heavy atom. The Bertz CT molecular complexity index is 1130. The average Bonchev–Trinajstić information content (AvgIpc) is 2.67. The van der Waals surface area contributed by atoms with Crippen LogP contribution in [0.2, 0.25) is 0 Å². The van der Waals surface area contributed by atoms with Crippen molar-refractivity contribution in [3.05, 3.63) is 66.8 Å². The minimum atomic E-state index is -0.671. The summed E-state index contributed by atoms with van der Waals surface area (Å²) in [5.74, 6) is -0.233. The molecule has 2 aromatic heterocycles. The molecule has 0 aliphatic carbocycles. The Morgan fingerprint density at radius 1 is 1.21 bits per heavy atom. The molecule has 0 saturated carbocycles. The second-order valence-corrected chi connectivity index (χ2v) is 8.30. The van der Waals surface area contributed by atoms with Crippen molar-refractivity contribution in [2.24, 2.45) is 13.0 Å². The van der Waals surface area contributed by atoms with Crippen molar-refractivity contribution in [3.8, 4) is 0 Å². The topological polar surface area (TPSA) is 100 Å². The van der Waals surface area contributed by atoms with Gasteiger partial charge in [0.05, 0.1) is 6.04 Å². The minimum absolute atomic E-state index is 0.0154. The molecule has 1 fully saturated rings. The zero-order valence-electron chi connectivity index (χ0n) is 16.8. The van der Waals surface area contributed by atoms with Gasteiger partial charge in [0.25, 0.3) is 17.0 Å². The minimum Gasteiger partial charge on any atom is -0.337 e. The highest BCUT2D eigenvalue weighted by Gasteiger charge is 2.42. The van der Waals surface area contributed by atoms with Crippen molar-refractivity contribution >= 4 is 5.91 Å². The van der Waals surface area contributed by atoms with Gasteiger partial charge in [-0.25, -0.2) is 4.79 Å². The van der Waals surface area contributed by atoms with E-state index in [0.29, 0.717) is 19.6 Å². The van der Waals surface area contributed by atoms with Crippen LogP contribution >= 0.6 is 0 Å². The van der Waals surface area contributed by atoms with E-state index in [0.717, 1.165) is 12.1 Å². The van der Waals surface area contributed by atoms with Crippen LogP contribution in [0.5, 0.6) is 0 Å². The molecule has 2 aliphatic rings. The largest absolute Gasteiger partial charge is 0.337 e. The molecule has 2 aromatic rings. The number of nitrogens with one attached hydrogen (secondary N) is 1. The Labute approximate surface area is 167 Å². The van der Waals surface area contributed by atoms with E-state index in [1.165, 1.54) is 17.8 Å². The van der Waals surface area contributed by atoms with E-state index in [1.54, 1.807) is 17.0 Å². The molecule has 1 saturated heterocycles. The van der Waals surface area contributed by atoms with Crippen molar-refractivity contribution in [2.75, 3.05) is 33.7 Å². The molecule has 4 rings (SSSR count). The summed E-state index contributed by atoms with van der Waals surface area (Å²) in [5.41, 5.74) is -0.343. The second kappa shape index (κ2) is 7.14. The molecule has 3 atom stereocenters. The van der Waals surface area contributed by atoms with Crippen LogP contribution in [0.15, 0.2) is 38.8 Å². The molecule has 2 aliphatic heterocycles. The lowest BCUT2D eigenvalue weighted by molar-refractivity contribution is 0.0496. The third-order valence-electron chi connectivity index (χ3n) is 5.98. The molecule has 0 aromatic carbocycles. The van der Waals surface area contributed by atoms with E-state index in [9.17, 15) is 19.2 Å². The zero-order valence-corrected chi connectivity index (χ0v) is 16.8. The summed E-state index contributed by atoms with van der Waals surface area (Å²) < 4.78 is 3.09. The monoisotopic (exact) mass is 399 g/mol. The number of carbonyl (C=O) groups is 1. The number of aromatic nitrogens is 3. The summed E-state index contributed by atoms with van der Waals surface area (Å²) in [5, 5.41) is 0. The van der Waals surface area contributed by atoms with Crippen LogP contribution in [0.3, 0.4) is 0 Å². The van der Waals surface area contributed by atoms with Crippen LogP contribution in [0.1, 0.15) is 34.4 Å². The number of rotatable bonds is 3. The molecule has 0 radical (unpaired) electrons. The van der Waals surface area contributed by atoms with Gasteiger partial charge in [-0.1, -0.05) is 6.07 Å². The van der Waals surface area contributed by atoms with Gasteiger partial charge in [-0.15, -0.1) is 0 Å². The number of aryl methyl sites for hydroxylation is 1. The normalized spacial score (nSPS) is 23.2. The fourth-order valence-corrected chi connectivity index (χ4v) is 4.70. The second-order valence-electron chi connectivity index (χ2n) is 8.30. The summed E-state index contributed by atoms with van der Waals surface area (Å²) in [7, 11) is 5.43. The number of H-pyrrole nitrogens is 1. The van der Waals surface area contributed by atoms with Crippen LogP contribution in [-0.2, 0) is 7.05 Å². The molecular weight excluding hydrogens is 374 g/mol. The van der Waals surface area contributed by atoms with Crippen LogP contribution in [0, 0.1) is 5.92 Å². The molecule has 29 heavy (non-hydrogen) atoms. The maximum atomic E-state index is 13.1. The lowest BCUT2D eigenvalue weighted by atomic mass is 9.78. The average molecular weight is 399 g/mol. The summed E-state index contributed by atoms with van der Waals surface area (Å²) in [6, 6.07) is 5.26. The highest BCUT2D eigenvalue weighted by Crippen LogP contribution is 2.41. The first-order chi connectivity index (χ1) is 13.8. The van der Waals surface area contributed by atoms with E-state index in [2.05, 4.69) is 4.98 Å². The molecule has 0 spiro atoms. The molecule has 4 heterocycles. The van der Waals surface area contributed by atoms with E-state index in [4.69, 9.17) is 0 Å². The van der Waals surface area contributed by atoms with Crippen molar-refractivity contribution in [1.29, 1.82) is 0 Å². The van der Waals surface area contributed by atoms with Crippen molar-refractivity contribution < 1.29 is 4.79 Å². The quantitative estimate of drug-likeness (QED) is 0.757. The number of fused-ring (bicyclic) bond motifs is 4. The van der Waals surface area contributed by atoms with E-state index < -0.39 is 11.2 Å². The van der Waals surface area contributed by atoms with E-state index in [1.807, 2.05) is 29.6 Å². The Balaban J connectivity index is 1.73. The number of piperidine rings is 1. The van der Waals surface area contributed by atoms with E-state index >= 15 is 0 Å². The van der Waals surface area contributed by atoms with Crippen LogP contribution in [0.4, 0.5) is 0 Å². The number of aromatic amines is 1. The lowest BCUT2D eigenvalue weighted by Gasteiger charge is -2.47. The molecule has 9 nitrogen and oxygen atoms in total. The fourth-order valence-electron chi connectivity index (χ4n) is 4.70. The predicted molar refractivity (Wildman–Crippen MR) is 107 cm³/mol. The maximum absolute atomic E-state index is 13.1. The van der Waals surface area contributed by atoms with Gasteiger partial charge in [0.15, 0.2) is 0 Å². The molecule has 0 unspecified atom stereocenters. The number of hydrogen-bond donors (Lipinski definition) is 1. The number of hydrogen-bond acceptors (Lipinski definition) is 5. The van der Waals surface area contributed by atoms with Gasteiger partial charge in [-0.2, -0.15) is 0 Å². The standard InChI is InChI=1S/C20H25N5O4/c1-22(2)11-16-13-7-12(15-5-4-6-17(26)25(15)16)8-24(9-13)19(28)14-10-23(3)20(29)21-18(14)27/h4-6,10,12-13,16H,7-9,11H2,1-3H3,(H,21,27,29)/t12-,13+,16+/m1/s1. The lowest BCUT2D eigenvalue weighted by Crippen LogP contribution is -2.53. The van der Waals surface area contributed by atoms with Crippen molar-refractivity contribution in [3.63, 3.8) is 0 Å². The first-order valence-electron chi connectivity index (χ1n) is 9.71. The third kappa shape index (κ3) is 3.35. The van der Waals surface area contributed by atoms with Gasteiger partial charge in [0.2, 0.25) is 0 Å². The molecule has 9 heteroatoms. The van der Waals surface area contributed by atoms with E-state index in [-0.39, 0.29) is 34.9 Å². The van der Waals surface area contributed by atoms with Crippen molar-refractivity contribution in [1.82, 2.24) is 23.9 Å². The van der Waals surface area contributed by atoms with Crippen LogP contribution in [-0.4, -0.2) is 63.6 Å². The smallest absolute Gasteiger partial charge is 0.328 e. The van der Waals surface area contributed by atoms with Crippen LogP contribution in [0.25, 0.3) is 0 Å². The Hall–Kier alpha value is -2.94. The number of amides is 1. The number of nitrogens with zero attached hydrogens (tertiary/aromatic N) is 4. The predicted octanol–water partition coefficient (Wildman–Crippen LogP) is -0.402. The molecule has 1 N–H and O–H groups in total. The fraction of sp³-hybridized carbons (Fsp3) is 0.500. The Morgan fingerprint density at radius 3 is 2.69 bits per heavy atom. The highest BCUT2D eigenvalue weighted by molar-refractivity contribution is 5.93. The number of pyridine rings is 1. The summed E-state index contributed by atoms with van der Waals surface area (Å²) in [6.45, 7) is 1.60. The molecular formula is C20H25N5O4.